The molecule has 0 atom stereocenters. The van der Waals surface area contributed by atoms with Gasteiger partial charge in [-0.25, -0.2) is 0 Å². The Labute approximate surface area is 125 Å². The lowest BCUT2D eigenvalue weighted by atomic mass is 9.53. The van der Waals surface area contributed by atoms with Crippen molar-refractivity contribution in [2.75, 3.05) is 5.23 Å². The molecule has 5 rings (SSSR count). The summed E-state index contributed by atoms with van der Waals surface area (Å²) in [6, 6.07) is 6.97. The second kappa shape index (κ2) is 4.82. The molecule has 4 aliphatic rings. The molecule has 1 aromatic rings. The van der Waals surface area contributed by atoms with Crippen molar-refractivity contribution in [1.29, 1.82) is 0 Å². The molecule has 0 heterocycles. The third-order valence-electron chi connectivity index (χ3n) is 5.58. The van der Waals surface area contributed by atoms with Crippen molar-refractivity contribution in [2.24, 2.45) is 22.7 Å². The number of rotatable bonds is 3. The molecule has 4 nitrogen and oxygen atoms in total. The lowest BCUT2D eigenvalue weighted by molar-refractivity contribution is 0.00195. The first-order valence-electron chi connectivity index (χ1n) is 7.93. The number of anilines is 1. The van der Waals surface area contributed by atoms with E-state index >= 15 is 0 Å². The molecule has 112 valence electrons. The van der Waals surface area contributed by atoms with E-state index < -0.39 is 0 Å². The molecular weight excluding hydrogens is 264 g/mol. The minimum Gasteiger partial charge on any atom is -0.733 e. The summed E-state index contributed by atoms with van der Waals surface area (Å²) in [5, 5.41) is 19.8. The van der Waals surface area contributed by atoms with Gasteiger partial charge in [0, 0.05) is 6.21 Å². The molecule has 4 heteroatoms. The Kier molecular flexibility index (Phi) is 3.05. The van der Waals surface area contributed by atoms with Gasteiger partial charge in [-0.15, -0.1) is 0 Å². The van der Waals surface area contributed by atoms with E-state index in [9.17, 15) is 5.21 Å². The van der Waals surface area contributed by atoms with Crippen molar-refractivity contribution in [1.82, 2.24) is 0 Å². The van der Waals surface area contributed by atoms with Gasteiger partial charge >= 0.3 is 0 Å². The molecule has 0 spiro atoms. The van der Waals surface area contributed by atoms with Crippen LogP contribution in [0.3, 0.4) is 0 Å². The van der Waals surface area contributed by atoms with Gasteiger partial charge in [0.05, 0.1) is 11.2 Å². The van der Waals surface area contributed by atoms with Crippen LogP contribution in [0.1, 0.15) is 44.1 Å². The van der Waals surface area contributed by atoms with Crippen molar-refractivity contribution in [3.05, 3.63) is 35.0 Å². The smallest absolute Gasteiger partial charge is 0.0616 e. The summed E-state index contributed by atoms with van der Waals surface area (Å²) in [7, 11) is 0. The van der Waals surface area contributed by atoms with Crippen LogP contribution in [-0.2, 0) is 0 Å². The minimum atomic E-state index is -0.0952. The highest BCUT2D eigenvalue weighted by molar-refractivity contribution is 5.81. The van der Waals surface area contributed by atoms with E-state index in [0.717, 1.165) is 23.3 Å². The summed E-state index contributed by atoms with van der Waals surface area (Å²) in [6.45, 7) is 0. The molecule has 0 radical (unpaired) electrons. The summed E-state index contributed by atoms with van der Waals surface area (Å²) < 4.78 is 0. The molecule has 21 heavy (non-hydrogen) atoms. The maximum absolute atomic E-state index is 11.0. The number of nitrogens with zero attached hydrogens (tertiary/aromatic N) is 2. The van der Waals surface area contributed by atoms with Crippen molar-refractivity contribution >= 4 is 11.9 Å². The SMILES string of the molecule is [O-]N(O)c1cccc(C=NC23CC4CC(CC(C4)C2)C3)c1. The van der Waals surface area contributed by atoms with Crippen LogP contribution in [0.5, 0.6) is 0 Å². The standard InChI is InChI=1S/C17H21N2O2/c20-19(21)16-3-1-2-12(7-16)11-18-17-8-13-4-14(9-17)6-15(5-13)10-17/h1-3,7,11,13-15,20H,4-6,8-10H2/q-1. The molecule has 0 saturated heterocycles. The van der Waals surface area contributed by atoms with Gasteiger partial charge in [0.1, 0.15) is 0 Å². The van der Waals surface area contributed by atoms with Crippen molar-refractivity contribution in [3.63, 3.8) is 0 Å². The van der Waals surface area contributed by atoms with Gasteiger partial charge in [0.2, 0.25) is 0 Å². The van der Waals surface area contributed by atoms with E-state index in [1.807, 2.05) is 12.3 Å². The monoisotopic (exact) mass is 285 g/mol. The highest BCUT2D eigenvalue weighted by Gasteiger charge is 2.50. The van der Waals surface area contributed by atoms with Crippen molar-refractivity contribution in [3.8, 4) is 0 Å². The fraction of sp³-hybridized carbons (Fsp3) is 0.588. The lowest BCUT2D eigenvalue weighted by Crippen LogP contribution is -2.49. The molecule has 4 fully saturated rings. The molecule has 1 N–H and O–H groups in total. The van der Waals surface area contributed by atoms with Gasteiger partial charge < -0.3 is 10.4 Å². The Morgan fingerprint density at radius 3 is 2.33 bits per heavy atom. The predicted molar refractivity (Wildman–Crippen MR) is 82.6 cm³/mol. The van der Waals surface area contributed by atoms with Gasteiger partial charge in [-0.05, 0) is 74.0 Å². The summed E-state index contributed by atoms with van der Waals surface area (Å²) in [5.74, 6) is 2.65. The van der Waals surface area contributed by atoms with E-state index in [1.165, 1.54) is 38.5 Å². The number of hydrogen-bond donors (Lipinski definition) is 1. The topological polar surface area (TPSA) is 58.9 Å². The summed E-state index contributed by atoms with van der Waals surface area (Å²) in [5.41, 5.74) is 1.30. The highest BCUT2D eigenvalue weighted by Crippen LogP contribution is 2.57. The normalized spacial score (nSPS) is 37.3. The van der Waals surface area contributed by atoms with E-state index in [1.54, 1.807) is 18.2 Å². The van der Waals surface area contributed by atoms with E-state index in [-0.39, 0.29) is 16.5 Å². The first-order chi connectivity index (χ1) is 10.1. The average molecular weight is 285 g/mol. The lowest BCUT2D eigenvalue weighted by Gasteiger charge is -2.55. The third kappa shape index (κ3) is 2.47. The second-order valence-electron chi connectivity index (χ2n) is 7.27. The third-order valence-corrected chi connectivity index (χ3v) is 5.58. The maximum Gasteiger partial charge on any atom is 0.0616 e. The average Bonchev–Trinajstić information content (AvgIpc) is 2.44. The molecule has 0 aromatic heterocycles. The Bertz CT molecular complexity index is 532. The van der Waals surface area contributed by atoms with E-state index in [2.05, 4.69) is 0 Å². The largest absolute Gasteiger partial charge is 0.733 e. The van der Waals surface area contributed by atoms with Crippen molar-refractivity contribution < 1.29 is 5.21 Å². The Balaban J connectivity index is 1.56. The first-order valence-corrected chi connectivity index (χ1v) is 7.93. The second-order valence-corrected chi connectivity index (χ2v) is 7.27. The number of hydrogen-bond acceptors (Lipinski definition) is 4. The quantitative estimate of drug-likeness (QED) is 0.679. The van der Waals surface area contributed by atoms with Gasteiger partial charge in [-0.2, -0.15) is 0 Å². The zero-order chi connectivity index (χ0) is 14.4. The van der Waals surface area contributed by atoms with Crippen LogP contribution < -0.4 is 5.23 Å². The molecule has 0 amide bonds. The van der Waals surface area contributed by atoms with E-state index in [4.69, 9.17) is 10.2 Å². The van der Waals surface area contributed by atoms with Crippen LogP contribution in [0.2, 0.25) is 0 Å². The fourth-order valence-electron chi connectivity index (χ4n) is 5.16. The zero-order valence-electron chi connectivity index (χ0n) is 12.1. The van der Waals surface area contributed by atoms with Gasteiger partial charge in [-0.3, -0.25) is 10.2 Å². The number of aliphatic imine (C=N–C) groups is 1. The van der Waals surface area contributed by atoms with Crippen molar-refractivity contribution in [2.45, 2.75) is 44.1 Å². The molecule has 4 bridgehead atoms. The van der Waals surface area contributed by atoms with Crippen LogP contribution in [-0.4, -0.2) is 17.0 Å². The van der Waals surface area contributed by atoms with Crippen LogP contribution in [0.4, 0.5) is 5.69 Å². The fourth-order valence-corrected chi connectivity index (χ4v) is 5.16. The molecule has 0 aliphatic heterocycles. The summed E-state index contributed by atoms with van der Waals surface area (Å²) >= 11 is 0. The highest BCUT2D eigenvalue weighted by atomic mass is 16.8. The Hall–Kier alpha value is -1.39. The predicted octanol–water partition coefficient (Wildman–Crippen LogP) is 3.77. The summed E-state index contributed by atoms with van der Waals surface area (Å²) in [6.07, 6.45) is 9.87. The minimum absolute atomic E-state index is 0.0952. The van der Waals surface area contributed by atoms with Gasteiger partial charge in [-0.1, -0.05) is 12.1 Å². The van der Waals surface area contributed by atoms with Gasteiger partial charge in [0.15, 0.2) is 0 Å². The van der Waals surface area contributed by atoms with Crippen LogP contribution in [0, 0.1) is 23.0 Å². The van der Waals surface area contributed by atoms with Crippen LogP contribution in [0.15, 0.2) is 29.3 Å². The van der Waals surface area contributed by atoms with Crippen LogP contribution >= 0.6 is 0 Å². The Morgan fingerprint density at radius 1 is 1.14 bits per heavy atom. The van der Waals surface area contributed by atoms with Gasteiger partial charge in [0.25, 0.3) is 0 Å². The van der Waals surface area contributed by atoms with E-state index in [0.29, 0.717) is 0 Å². The maximum atomic E-state index is 11.0. The molecular formula is C17H21N2O2-. The summed E-state index contributed by atoms with van der Waals surface area (Å²) in [4.78, 5) is 4.96. The Morgan fingerprint density at radius 2 is 1.76 bits per heavy atom. The first kappa shape index (κ1) is 13.3. The van der Waals surface area contributed by atoms with Crippen LogP contribution in [0.25, 0.3) is 0 Å². The zero-order valence-corrected chi connectivity index (χ0v) is 12.1. The molecule has 1 aromatic carbocycles. The molecule has 0 unspecified atom stereocenters. The molecule has 4 aliphatic carbocycles. The number of benzene rings is 1. The molecule has 4 saturated carbocycles.